The van der Waals surface area contributed by atoms with E-state index in [1.165, 1.54) is 5.56 Å². The fraction of sp³-hybridized carbons (Fsp3) is 0.375. The van der Waals surface area contributed by atoms with Gasteiger partial charge in [-0.1, -0.05) is 19.1 Å². The average molecular weight is 303 g/mol. The van der Waals surface area contributed by atoms with Crippen LogP contribution in [0, 0.1) is 0 Å². The van der Waals surface area contributed by atoms with Gasteiger partial charge in [0.25, 0.3) is 0 Å². The second-order valence-electron chi connectivity index (χ2n) is 4.99. The first kappa shape index (κ1) is 15.6. The second kappa shape index (κ2) is 7.88. The molecule has 1 aromatic heterocycles. The highest BCUT2D eigenvalue weighted by atomic mass is 32.2. The van der Waals surface area contributed by atoms with E-state index in [1.807, 2.05) is 36.0 Å². The molecular formula is C16H21N3OS. The number of thioether (sulfide) groups is 1. The van der Waals surface area contributed by atoms with Gasteiger partial charge >= 0.3 is 0 Å². The van der Waals surface area contributed by atoms with Crippen LogP contribution >= 0.6 is 11.8 Å². The van der Waals surface area contributed by atoms with Crippen molar-refractivity contribution in [3.8, 4) is 5.69 Å². The molecule has 2 rings (SSSR count). The van der Waals surface area contributed by atoms with Crippen molar-refractivity contribution < 1.29 is 4.79 Å². The fourth-order valence-corrected chi connectivity index (χ4v) is 2.65. The molecule has 1 amide bonds. The third kappa shape index (κ3) is 4.93. The van der Waals surface area contributed by atoms with E-state index in [0.717, 1.165) is 17.9 Å². The van der Waals surface area contributed by atoms with E-state index < -0.39 is 0 Å². The largest absolute Gasteiger partial charge is 0.353 e. The van der Waals surface area contributed by atoms with Gasteiger partial charge in [-0.15, -0.1) is 11.8 Å². The van der Waals surface area contributed by atoms with E-state index in [1.54, 1.807) is 18.0 Å². The highest BCUT2D eigenvalue weighted by Gasteiger charge is 2.05. The minimum absolute atomic E-state index is 0.113. The minimum atomic E-state index is 0.113. The Labute approximate surface area is 129 Å². The average Bonchev–Trinajstić information content (AvgIpc) is 3.02. The molecule has 0 fully saturated rings. The molecule has 0 unspecified atom stereocenters. The van der Waals surface area contributed by atoms with Crippen molar-refractivity contribution in [1.29, 1.82) is 0 Å². The molecule has 1 atom stereocenters. The van der Waals surface area contributed by atoms with Crippen LogP contribution in [-0.4, -0.2) is 27.5 Å². The van der Waals surface area contributed by atoms with Crippen LogP contribution < -0.4 is 5.32 Å². The number of nitrogens with one attached hydrogen (secondary N) is 1. The molecule has 0 radical (unpaired) electrons. The zero-order valence-electron chi connectivity index (χ0n) is 12.5. The molecule has 0 saturated heterocycles. The monoisotopic (exact) mass is 303 g/mol. The standard InChI is InChI=1S/C16H21N3OS/c1-3-13(2)18-16(20)12-21-11-14-5-7-15(8-6-14)19-10-4-9-17-19/h4-10,13H,3,11-12H2,1-2H3,(H,18,20)/t13-/m1/s1. The summed E-state index contributed by atoms with van der Waals surface area (Å²) >= 11 is 1.64. The number of benzene rings is 1. The topological polar surface area (TPSA) is 46.9 Å². The van der Waals surface area contributed by atoms with Crippen LogP contribution in [0.25, 0.3) is 5.69 Å². The quantitative estimate of drug-likeness (QED) is 0.855. The lowest BCUT2D eigenvalue weighted by molar-refractivity contribution is -0.119. The van der Waals surface area contributed by atoms with Gasteiger partial charge in [0.1, 0.15) is 0 Å². The first-order valence-electron chi connectivity index (χ1n) is 7.15. The Morgan fingerprint density at radius 2 is 2.14 bits per heavy atom. The minimum Gasteiger partial charge on any atom is -0.353 e. The summed E-state index contributed by atoms with van der Waals surface area (Å²) in [6.07, 6.45) is 4.65. The maximum absolute atomic E-state index is 11.7. The zero-order chi connectivity index (χ0) is 15.1. The SMILES string of the molecule is CC[C@@H](C)NC(=O)CSCc1ccc(-n2cccn2)cc1. The van der Waals surface area contributed by atoms with E-state index in [4.69, 9.17) is 0 Å². The lowest BCUT2D eigenvalue weighted by atomic mass is 10.2. The highest BCUT2D eigenvalue weighted by Crippen LogP contribution is 2.14. The van der Waals surface area contributed by atoms with Crippen molar-refractivity contribution in [2.75, 3.05) is 5.75 Å². The number of aromatic nitrogens is 2. The molecule has 21 heavy (non-hydrogen) atoms. The summed E-state index contributed by atoms with van der Waals surface area (Å²) in [5.41, 5.74) is 2.26. The third-order valence-corrected chi connectivity index (χ3v) is 4.23. The number of nitrogens with zero attached hydrogens (tertiary/aromatic N) is 2. The highest BCUT2D eigenvalue weighted by molar-refractivity contribution is 7.99. The van der Waals surface area contributed by atoms with Crippen LogP contribution in [0.5, 0.6) is 0 Å². The van der Waals surface area contributed by atoms with Gasteiger partial charge in [-0.25, -0.2) is 4.68 Å². The molecule has 0 spiro atoms. The van der Waals surface area contributed by atoms with Crippen molar-refractivity contribution in [3.63, 3.8) is 0 Å². The predicted octanol–water partition coefficient (Wildman–Crippen LogP) is 3.02. The van der Waals surface area contributed by atoms with Gasteiger partial charge in [-0.3, -0.25) is 4.79 Å². The van der Waals surface area contributed by atoms with Crippen molar-refractivity contribution >= 4 is 17.7 Å². The normalized spacial score (nSPS) is 12.1. The summed E-state index contributed by atoms with van der Waals surface area (Å²) in [6.45, 7) is 4.09. The van der Waals surface area contributed by atoms with Crippen LogP contribution in [-0.2, 0) is 10.5 Å². The number of hydrogen-bond acceptors (Lipinski definition) is 3. The van der Waals surface area contributed by atoms with E-state index in [-0.39, 0.29) is 11.9 Å². The molecule has 1 N–H and O–H groups in total. The molecule has 5 heteroatoms. The molecule has 1 aromatic carbocycles. The molecule has 112 valence electrons. The van der Waals surface area contributed by atoms with Gasteiger partial charge in [-0.05, 0) is 37.1 Å². The summed E-state index contributed by atoms with van der Waals surface area (Å²) in [7, 11) is 0. The zero-order valence-corrected chi connectivity index (χ0v) is 13.3. The van der Waals surface area contributed by atoms with Crippen LogP contribution in [0.4, 0.5) is 0 Å². The van der Waals surface area contributed by atoms with E-state index in [2.05, 4.69) is 29.5 Å². The van der Waals surface area contributed by atoms with Crippen molar-refractivity contribution in [2.45, 2.75) is 32.1 Å². The Balaban J connectivity index is 1.78. The Bertz CT molecular complexity index is 551. The molecule has 1 heterocycles. The number of carbonyl (C=O) groups excluding carboxylic acids is 1. The summed E-state index contributed by atoms with van der Waals surface area (Å²) in [5.74, 6) is 1.46. The second-order valence-corrected chi connectivity index (χ2v) is 5.97. The number of carbonyl (C=O) groups is 1. The van der Waals surface area contributed by atoms with Crippen molar-refractivity contribution in [2.24, 2.45) is 0 Å². The first-order chi connectivity index (χ1) is 10.2. The lowest BCUT2D eigenvalue weighted by Gasteiger charge is -2.11. The van der Waals surface area contributed by atoms with Gasteiger partial charge in [0, 0.05) is 24.2 Å². The van der Waals surface area contributed by atoms with Crippen LogP contribution in [0.3, 0.4) is 0 Å². The number of amides is 1. The Morgan fingerprint density at radius 1 is 1.38 bits per heavy atom. The molecule has 0 aliphatic heterocycles. The van der Waals surface area contributed by atoms with Crippen molar-refractivity contribution in [1.82, 2.24) is 15.1 Å². The van der Waals surface area contributed by atoms with Crippen molar-refractivity contribution in [3.05, 3.63) is 48.3 Å². The summed E-state index contributed by atoms with van der Waals surface area (Å²) in [4.78, 5) is 11.7. The molecule has 2 aromatic rings. The number of hydrogen-bond donors (Lipinski definition) is 1. The third-order valence-electron chi connectivity index (χ3n) is 3.23. The predicted molar refractivity (Wildman–Crippen MR) is 87.6 cm³/mol. The maximum atomic E-state index is 11.7. The molecule has 0 aliphatic rings. The fourth-order valence-electron chi connectivity index (χ4n) is 1.85. The van der Waals surface area contributed by atoms with E-state index >= 15 is 0 Å². The van der Waals surface area contributed by atoms with Gasteiger partial charge in [-0.2, -0.15) is 5.10 Å². The van der Waals surface area contributed by atoms with E-state index in [0.29, 0.717) is 5.75 Å². The molecule has 4 nitrogen and oxygen atoms in total. The molecule has 0 aliphatic carbocycles. The van der Waals surface area contributed by atoms with Gasteiger partial charge in [0.15, 0.2) is 0 Å². The molecular weight excluding hydrogens is 282 g/mol. The summed E-state index contributed by atoms with van der Waals surface area (Å²) < 4.78 is 1.83. The molecule has 0 bridgehead atoms. The molecule has 0 saturated carbocycles. The van der Waals surface area contributed by atoms with Gasteiger partial charge < -0.3 is 5.32 Å². The lowest BCUT2D eigenvalue weighted by Crippen LogP contribution is -2.33. The smallest absolute Gasteiger partial charge is 0.230 e. The Hall–Kier alpha value is -1.75. The van der Waals surface area contributed by atoms with Gasteiger partial charge in [0.2, 0.25) is 5.91 Å². The summed E-state index contributed by atoms with van der Waals surface area (Å²) in [5, 5.41) is 7.17. The first-order valence-corrected chi connectivity index (χ1v) is 8.30. The Morgan fingerprint density at radius 3 is 2.76 bits per heavy atom. The number of rotatable bonds is 7. The van der Waals surface area contributed by atoms with Crippen LogP contribution in [0.1, 0.15) is 25.8 Å². The maximum Gasteiger partial charge on any atom is 0.230 e. The van der Waals surface area contributed by atoms with Gasteiger partial charge in [0.05, 0.1) is 11.4 Å². The van der Waals surface area contributed by atoms with Crippen LogP contribution in [0.15, 0.2) is 42.7 Å². The van der Waals surface area contributed by atoms with E-state index in [9.17, 15) is 4.79 Å². The Kier molecular flexibility index (Phi) is 5.87. The van der Waals surface area contributed by atoms with Crippen LogP contribution in [0.2, 0.25) is 0 Å². The summed E-state index contributed by atoms with van der Waals surface area (Å²) in [6, 6.07) is 10.4.